The van der Waals surface area contributed by atoms with Crippen LogP contribution in [-0.2, 0) is 13.0 Å². The summed E-state index contributed by atoms with van der Waals surface area (Å²) in [7, 11) is 4.91. The fourth-order valence-corrected chi connectivity index (χ4v) is 3.47. The predicted octanol–water partition coefficient (Wildman–Crippen LogP) is 2.71. The first-order valence-electron chi connectivity index (χ1n) is 9.26. The van der Waals surface area contributed by atoms with E-state index >= 15 is 0 Å². The van der Waals surface area contributed by atoms with Crippen molar-refractivity contribution in [2.45, 2.75) is 13.0 Å². The molecule has 0 aliphatic carbocycles. The summed E-state index contributed by atoms with van der Waals surface area (Å²) in [5.74, 6) is 3.44. The SMILES string of the molecule is COc1cccc(-c2nc(N)nc(N3CCc4cc(OC)c(OC)cc4C3)n2)c1. The van der Waals surface area contributed by atoms with E-state index in [-0.39, 0.29) is 5.95 Å². The first-order chi connectivity index (χ1) is 14.1. The average Bonchev–Trinajstić information content (AvgIpc) is 2.77. The van der Waals surface area contributed by atoms with Crippen molar-refractivity contribution >= 4 is 11.9 Å². The summed E-state index contributed by atoms with van der Waals surface area (Å²) in [6, 6.07) is 11.6. The number of ether oxygens (including phenoxy) is 3. The van der Waals surface area contributed by atoms with Crippen LogP contribution >= 0.6 is 0 Å². The Kier molecular flexibility index (Phi) is 5.07. The van der Waals surface area contributed by atoms with Gasteiger partial charge in [-0.05, 0) is 41.8 Å². The Hall–Kier alpha value is -3.55. The number of methoxy groups -OCH3 is 3. The van der Waals surface area contributed by atoms with Crippen LogP contribution < -0.4 is 24.8 Å². The van der Waals surface area contributed by atoms with Gasteiger partial charge in [0, 0.05) is 18.7 Å². The van der Waals surface area contributed by atoms with E-state index in [4.69, 9.17) is 19.9 Å². The maximum absolute atomic E-state index is 6.00. The molecule has 2 aromatic carbocycles. The van der Waals surface area contributed by atoms with Gasteiger partial charge in [-0.3, -0.25) is 0 Å². The molecule has 8 heteroatoms. The van der Waals surface area contributed by atoms with Gasteiger partial charge in [0.2, 0.25) is 11.9 Å². The number of aromatic nitrogens is 3. The van der Waals surface area contributed by atoms with Crippen molar-refractivity contribution in [1.82, 2.24) is 15.0 Å². The summed E-state index contributed by atoms with van der Waals surface area (Å²) in [5.41, 5.74) is 9.20. The molecule has 8 nitrogen and oxygen atoms in total. The molecule has 0 bridgehead atoms. The lowest BCUT2D eigenvalue weighted by Gasteiger charge is -2.29. The Morgan fingerprint density at radius 3 is 2.38 bits per heavy atom. The van der Waals surface area contributed by atoms with Gasteiger partial charge in [-0.25, -0.2) is 0 Å². The zero-order valence-electron chi connectivity index (χ0n) is 16.7. The van der Waals surface area contributed by atoms with Crippen molar-refractivity contribution in [2.75, 3.05) is 38.5 Å². The quantitative estimate of drug-likeness (QED) is 0.707. The second-order valence-corrected chi connectivity index (χ2v) is 6.70. The van der Waals surface area contributed by atoms with Gasteiger partial charge in [0.25, 0.3) is 0 Å². The summed E-state index contributed by atoms with van der Waals surface area (Å²) in [4.78, 5) is 15.4. The molecule has 0 saturated carbocycles. The van der Waals surface area contributed by atoms with E-state index in [1.807, 2.05) is 36.4 Å². The van der Waals surface area contributed by atoms with E-state index in [0.717, 1.165) is 35.6 Å². The largest absolute Gasteiger partial charge is 0.497 e. The number of hydrogen-bond acceptors (Lipinski definition) is 8. The van der Waals surface area contributed by atoms with E-state index in [0.29, 0.717) is 24.1 Å². The van der Waals surface area contributed by atoms with Crippen LogP contribution in [0.25, 0.3) is 11.4 Å². The smallest absolute Gasteiger partial charge is 0.231 e. The molecule has 150 valence electrons. The summed E-state index contributed by atoms with van der Waals surface area (Å²) >= 11 is 0. The Balaban J connectivity index is 1.67. The molecule has 0 spiro atoms. The maximum Gasteiger partial charge on any atom is 0.231 e. The normalized spacial score (nSPS) is 13.0. The van der Waals surface area contributed by atoms with Gasteiger partial charge in [0.05, 0.1) is 21.3 Å². The van der Waals surface area contributed by atoms with Gasteiger partial charge in [-0.2, -0.15) is 15.0 Å². The highest BCUT2D eigenvalue weighted by atomic mass is 16.5. The minimum atomic E-state index is 0.186. The highest BCUT2D eigenvalue weighted by molar-refractivity contribution is 5.60. The van der Waals surface area contributed by atoms with E-state index in [2.05, 4.69) is 19.9 Å². The van der Waals surface area contributed by atoms with Crippen molar-refractivity contribution < 1.29 is 14.2 Å². The third kappa shape index (κ3) is 3.73. The van der Waals surface area contributed by atoms with Crippen LogP contribution in [0.1, 0.15) is 11.1 Å². The molecule has 0 unspecified atom stereocenters. The molecule has 0 radical (unpaired) electrons. The van der Waals surface area contributed by atoms with Crippen LogP contribution in [0, 0.1) is 0 Å². The molecule has 2 heterocycles. The average molecular weight is 393 g/mol. The molecule has 1 aliphatic heterocycles. The van der Waals surface area contributed by atoms with Crippen LogP contribution in [0.15, 0.2) is 36.4 Å². The standard InChI is InChI=1S/C21H23N5O3/c1-27-16-6-4-5-14(9-16)19-23-20(22)25-21(24-19)26-8-7-13-10-17(28-2)18(29-3)11-15(13)12-26/h4-6,9-11H,7-8,12H2,1-3H3,(H2,22,23,24,25). The van der Waals surface area contributed by atoms with E-state index in [1.165, 1.54) is 5.56 Å². The zero-order valence-corrected chi connectivity index (χ0v) is 16.7. The number of nitrogens with two attached hydrogens (primary N) is 1. The fourth-order valence-electron chi connectivity index (χ4n) is 3.47. The van der Waals surface area contributed by atoms with Crippen molar-refractivity contribution in [3.05, 3.63) is 47.5 Å². The van der Waals surface area contributed by atoms with Gasteiger partial charge in [-0.1, -0.05) is 12.1 Å². The molecule has 0 fully saturated rings. The van der Waals surface area contributed by atoms with Crippen molar-refractivity contribution in [1.29, 1.82) is 0 Å². The molecule has 1 aromatic heterocycles. The molecule has 1 aliphatic rings. The predicted molar refractivity (Wildman–Crippen MR) is 111 cm³/mol. The highest BCUT2D eigenvalue weighted by Crippen LogP contribution is 2.34. The van der Waals surface area contributed by atoms with Crippen LogP contribution in [0.3, 0.4) is 0 Å². The number of nitrogens with zero attached hydrogens (tertiary/aromatic N) is 4. The first-order valence-corrected chi connectivity index (χ1v) is 9.26. The van der Waals surface area contributed by atoms with Gasteiger partial charge in [0.1, 0.15) is 5.75 Å². The number of fused-ring (bicyclic) bond motifs is 1. The maximum atomic E-state index is 6.00. The number of hydrogen-bond donors (Lipinski definition) is 1. The minimum Gasteiger partial charge on any atom is -0.497 e. The molecule has 2 N–H and O–H groups in total. The van der Waals surface area contributed by atoms with Crippen molar-refractivity contribution in [3.8, 4) is 28.6 Å². The van der Waals surface area contributed by atoms with Crippen LogP contribution in [-0.4, -0.2) is 42.8 Å². The molecular weight excluding hydrogens is 370 g/mol. The summed E-state index contributed by atoms with van der Waals surface area (Å²) in [6.07, 6.45) is 0.843. The van der Waals surface area contributed by atoms with Gasteiger partial charge in [0.15, 0.2) is 17.3 Å². The monoisotopic (exact) mass is 393 g/mol. The molecule has 29 heavy (non-hydrogen) atoms. The Morgan fingerprint density at radius 1 is 0.897 bits per heavy atom. The first kappa shape index (κ1) is 18.8. The second kappa shape index (κ2) is 7.83. The van der Waals surface area contributed by atoms with Crippen LogP contribution in [0.5, 0.6) is 17.2 Å². The number of benzene rings is 2. The molecule has 0 amide bonds. The van der Waals surface area contributed by atoms with Crippen molar-refractivity contribution in [2.24, 2.45) is 0 Å². The van der Waals surface area contributed by atoms with Crippen LogP contribution in [0.2, 0.25) is 0 Å². The topological polar surface area (TPSA) is 95.6 Å². The Morgan fingerprint density at radius 2 is 1.66 bits per heavy atom. The van der Waals surface area contributed by atoms with E-state index in [1.54, 1.807) is 21.3 Å². The Labute approximate surface area is 169 Å². The molecule has 0 saturated heterocycles. The molecule has 3 aromatic rings. The highest BCUT2D eigenvalue weighted by Gasteiger charge is 2.22. The van der Waals surface area contributed by atoms with Gasteiger partial charge >= 0.3 is 0 Å². The zero-order chi connectivity index (χ0) is 20.4. The fraction of sp³-hybridized carbons (Fsp3) is 0.286. The second-order valence-electron chi connectivity index (χ2n) is 6.70. The van der Waals surface area contributed by atoms with Gasteiger partial charge in [-0.15, -0.1) is 0 Å². The molecule has 4 rings (SSSR count). The number of anilines is 2. The number of rotatable bonds is 5. The Bertz CT molecular complexity index is 1040. The lowest BCUT2D eigenvalue weighted by molar-refractivity contribution is 0.353. The summed E-state index contributed by atoms with van der Waals surface area (Å²) in [6.45, 7) is 1.42. The van der Waals surface area contributed by atoms with Gasteiger partial charge < -0.3 is 24.8 Å². The lowest BCUT2D eigenvalue weighted by Crippen LogP contribution is -2.32. The summed E-state index contributed by atoms with van der Waals surface area (Å²) in [5, 5.41) is 0. The number of nitrogen functional groups attached to an aromatic ring is 1. The lowest BCUT2D eigenvalue weighted by atomic mass is 9.99. The van der Waals surface area contributed by atoms with E-state index < -0.39 is 0 Å². The third-order valence-electron chi connectivity index (χ3n) is 4.97. The van der Waals surface area contributed by atoms with E-state index in [9.17, 15) is 0 Å². The summed E-state index contributed by atoms with van der Waals surface area (Å²) < 4.78 is 16.2. The van der Waals surface area contributed by atoms with Crippen molar-refractivity contribution in [3.63, 3.8) is 0 Å². The van der Waals surface area contributed by atoms with Crippen LogP contribution in [0.4, 0.5) is 11.9 Å². The molecular formula is C21H23N5O3. The third-order valence-corrected chi connectivity index (χ3v) is 4.97. The molecule has 0 atom stereocenters. The minimum absolute atomic E-state index is 0.186.